The van der Waals surface area contributed by atoms with Crippen LogP contribution in [0.25, 0.3) is 22.6 Å². The summed E-state index contributed by atoms with van der Waals surface area (Å²) in [6.45, 7) is 0. The lowest BCUT2D eigenvalue weighted by Crippen LogP contribution is -1.97. The van der Waals surface area contributed by atoms with Gasteiger partial charge in [-0.25, -0.2) is 4.79 Å². The summed E-state index contributed by atoms with van der Waals surface area (Å²) in [4.78, 5) is 12.3. The minimum atomic E-state index is -0.466. The molecule has 5 nitrogen and oxygen atoms in total. The van der Waals surface area contributed by atoms with Crippen molar-refractivity contribution in [1.29, 1.82) is 0 Å². The largest absolute Gasteiger partial charge is 0.504 e. The fraction of sp³-hybridized carbons (Fsp3) is 0.0870. The molecule has 0 aliphatic carbocycles. The van der Waals surface area contributed by atoms with Gasteiger partial charge in [-0.15, -0.1) is 0 Å². The fourth-order valence-electron chi connectivity index (χ4n) is 3.12. The molecule has 1 N–H and O–H groups in total. The van der Waals surface area contributed by atoms with Gasteiger partial charge >= 0.3 is 5.97 Å². The maximum Gasteiger partial charge on any atom is 0.343 e. The Morgan fingerprint density at radius 1 is 0.964 bits per heavy atom. The number of carbonyl (C=O) groups excluding carboxylic acids is 1. The maximum atomic E-state index is 12.3. The zero-order valence-electron chi connectivity index (χ0n) is 15.4. The fourth-order valence-corrected chi connectivity index (χ4v) is 3.12. The van der Waals surface area contributed by atoms with E-state index in [1.807, 2.05) is 36.4 Å². The summed E-state index contributed by atoms with van der Waals surface area (Å²) in [6.07, 6.45) is 3.25. The second-order valence-corrected chi connectivity index (χ2v) is 6.32. The van der Waals surface area contributed by atoms with Crippen LogP contribution in [-0.2, 0) is 9.53 Å². The average molecular weight is 374 g/mol. The molecule has 0 spiro atoms. The van der Waals surface area contributed by atoms with E-state index in [-0.39, 0.29) is 5.75 Å². The van der Waals surface area contributed by atoms with E-state index in [1.54, 1.807) is 37.5 Å². The number of methoxy groups -OCH3 is 2. The van der Waals surface area contributed by atoms with E-state index < -0.39 is 5.97 Å². The highest BCUT2D eigenvalue weighted by atomic mass is 16.5. The van der Waals surface area contributed by atoms with Crippen molar-refractivity contribution >= 4 is 28.6 Å². The number of esters is 1. The molecular formula is C23H18O5. The Morgan fingerprint density at radius 2 is 1.75 bits per heavy atom. The normalized spacial score (nSPS) is 14.9. The Balaban J connectivity index is 1.70. The van der Waals surface area contributed by atoms with Crippen molar-refractivity contribution in [3.8, 4) is 17.2 Å². The molecule has 1 aliphatic heterocycles. The highest BCUT2D eigenvalue weighted by molar-refractivity contribution is 6.05. The summed E-state index contributed by atoms with van der Waals surface area (Å²) in [5.74, 6) is 1.11. The van der Waals surface area contributed by atoms with Gasteiger partial charge in [0.2, 0.25) is 0 Å². The molecule has 0 atom stereocenters. The third-order valence-corrected chi connectivity index (χ3v) is 4.62. The van der Waals surface area contributed by atoms with Crippen molar-refractivity contribution in [3.05, 3.63) is 77.4 Å². The lowest BCUT2D eigenvalue weighted by atomic mass is 10.0. The van der Waals surface area contributed by atoms with Gasteiger partial charge in [0.05, 0.1) is 19.8 Å². The minimum absolute atomic E-state index is 0.0215. The zero-order valence-corrected chi connectivity index (χ0v) is 15.4. The number of phenolic OH excluding ortho intramolecular Hbond substituents is 1. The lowest BCUT2D eigenvalue weighted by molar-refractivity contribution is -0.130. The van der Waals surface area contributed by atoms with Crippen LogP contribution in [0.5, 0.6) is 17.2 Å². The van der Waals surface area contributed by atoms with Gasteiger partial charge < -0.3 is 19.3 Å². The van der Waals surface area contributed by atoms with E-state index in [1.165, 1.54) is 7.11 Å². The molecule has 1 aliphatic rings. The second-order valence-electron chi connectivity index (χ2n) is 6.32. The molecule has 3 aromatic rings. The first kappa shape index (κ1) is 17.7. The number of benzene rings is 3. The van der Waals surface area contributed by atoms with Crippen molar-refractivity contribution < 1.29 is 24.1 Å². The van der Waals surface area contributed by atoms with Crippen molar-refractivity contribution in [2.45, 2.75) is 0 Å². The van der Waals surface area contributed by atoms with Gasteiger partial charge in [-0.2, -0.15) is 0 Å². The molecule has 3 aromatic carbocycles. The number of ether oxygens (including phenoxy) is 3. The number of hydrogen-bond acceptors (Lipinski definition) is 5. The molecule has 5 heteroatoms. The van der Waals surface area contributed by atoms with Crippen molar-refractivity contribution in [1.82, 2.24) is 0 Å². The number of cyclic esters (lactones) is 1. The van der Waals surface area contributed by atoms with Crippen LogP contribution in [0.2, 0.25) is 0 Å². The minimum Gasteiger partial charge on any atom is -0.504 e. The van der Waals surface area contributed by atoms with E-state index in [0.29, 0.717) is 22.6 Å². The van der Waals surface area contributed by atoms with Gasteiger partial charge in [0.15, 0.2) is 11.5 Å². The summed E-state index contributed by atoms with van der Waals surface area (Å²) < 4.78 is 15.8. The molecule has 0 amide bonds. The molecule has 0 unspecified atom stereocenters. The van der Waals surface area contributed by atoms with Crippen molar-refractivity contribution in [3.63, 3.8) is 0 Å². The second kappa shape index (κ2) is 7.12. The predicted octanol–water partition coefficient (Wildman–Crippen LogP) is 4.54. The van der Waals surface area contributed by atoms with Gasteiger partial charge in [-0.05, 0) is 47.2 Å². The first-order valence-electron chi connectivity index (χ1n) is 8.69. The van der Waals surface area contributed by atoms with Crippen molar-refractivity contribution in [2.24, 2.45) is 0 Å². The number of fused-ring (bicyclic) bond motifs is 1. The molecule has 0 saturated carbocycles. The Labute approximate surface area is 162 Å². The van der Waals surface area contributed by atoms with E-state index in [0.717, 1.165) is 22.1 Å². The van der Waals surface area contributed by atoms with Crippen LogP contribution in [0.1, 0.15) is 11.1 Å². The number of rotatable bonds is 4. The van der Waals surface area contributed by atoms with Crippen LogP contribution in [0, 0.1) is 0 Å². The Bertz CT molecular complexity index is 1140. The van der Waals surface area contributed by atoms with Crippen molar-refractivity contribution in [2.75, 3.05) is 14.2 Å². The van der Waals surface area contributed by atoms with Crippen LogP contribution >= 0.6 is 0 Å². The van der Waals surface area contributed by atoms with Gasteiger partial charge in [-0.1, -0.05) is 30.3 Å². The summed E-state index contributed by atoms with van der Waals surface area (Å²) in [7, 11) is 3.11. The third-order valence-electron chi connectivity index (χ3n) is 4.62. The van der Waals surface area contributed by atoms with Gasteiger partial charge in [0.25, 0.3) is 0 Å². The summed E-state index contributed by atoms with van der Waals surface area (Å²) in [5, 5.41) is 12.3. The lowest BCUT2D eigenvalue weighted by Gasteiger charge is -2.06. The molecule has 4 rings (SSSR count). The molecule has 0 fully saturated rings. The number of phenols is 1. The molecule has 0 bridgehead atoms. The van der Waals surface area contributed by atoms with Gasteiger partial charge in [0, 0.05) is 11.1 Å². The van der Waals surface area contributed by atoms with Crippen LogP contribution in [0.3, 0.4) is 0 Å². The third kappa shape index (κ3) is 3.18. The summed E-state index contributed by atoms with van der Waals surface area (Å²) >= 11 is 0. The van der Waals surface area contributed by atoms with Gasteiger partial charge in [-0.3, -0.25) is 0 Å². The SMILES string of the molecule is COc1ccc2cc(C3=C/C(=C/c4cccc(OC)c4O)C(=O)O3)ccc2c1. The average Bonchev–Trinajstić information content (AvgIpc) is 3.09. The first-order valence-corrected chi connectivity index (χ1v) is 8.69. The van der Waals surface area contributed by atoms with E-state index in [4.69, 9.17) is 14.2 Å². The highest BCUT2D eigenvalue weighted by Crippen LogP contribution is 2.34. The standard InChI is InChI=1S/C23H18O5/c1-26-19-9-8-14-10-16(7-6-15(14)12-19)21-13-18(23(25)28-21)11-17-4-3-5-20(27-2)22(17)24/h3-13,24H,1-2H3/b18-11-. The predicted molar refractivity (Wildman–Crippen MR) is 107 cm³/mol. The molecular weight excluding hydrogens is 356 g/mol. The quantitative estimate of drug-likeness (QED) is 0.536. The van der Waals surface area contributed by atoms with Crippen LogP contribution in [0.15, 0.2) is 66.2 Å². The maximum absolute atomic E-state index is 12.3. The number of para-hydroxylation sites is 1. The van der Waals surface area contributed by atoms with Crippen LogP contribution in [0.4, 0.5) is 0 Å². The zero-order chi connectivity index (χ0) is 19.7. The smallest absolute Gasteiger partial charge is 0.343 e. The Morgan fingerprint density at radius 3 is 2.54 bits per heavy atom. The van der Waals surface area contributed by atoms with Gasteiger partial charge in [0.1, 0.15) is 11.5 Å². The number of aromatic hydroxyl groups is 1. The monoisotopic (exact) mass is 374 g/mol. The van der Waals surface area contributed by atoms with Crippen LogP contribution < -0.4 is 9.47 Å². The topological polar surface area (TPSA) is 65.0 Å². The van der Waals surface area contributed by atoms with Crippen LogP contribution in [-0.4, -0.2) is 25.3 Å². The molecule has 1 heterocycles. The van der Waals surface area contributed by atoms with E-state index in [9.17, 15) is 9.90 Å². The Hall–Kier alpha value is -3.73. The molecule has 140 valence electrons. The molecule has 0 aromatic heterocycles. The summed E-state index contributed by atoms with van der Waals surface area (Å²) in [5.41, 5.74) is 1.63. The Kier molecular flexibility index (Phi) is 4.49. The molecule has 28 heavy (non-hydrogen) atoms. The molecule has 0 radical (unpaired) electrons. The number of carbonyl (C=O) groups is 1. The summed E-state index contributed by atoms with van der Waals surface area (Å²) in [6, 6.07) is 16.7. The van der Waals surface area contributed by atoms with E-state index >= 15 is 0 Å². The highest BCUT2D eigenvalue weighted by Gasteiger charge is 2.23. The van der Waals surface area contributed by atoms with E-state index in [2.05, 4.69) is 0 Å². The number of hydrogen-bond donors (Lipinski definition) is 1. The first-order chi connectivity index (χ1) is 13.6. The molecule has 0 saturated heterocycles.